The summed E-state index contributed by atoms with van der Waals surface area (Å²) in [6.45, 7) is 11.4. The highest BCUT2D eigenvalue weighted by molar-refractivity contribution is 7.21. The fourth-order valence-electron chi connectivity index (χ4n) is 5.36. The molecule has 2 N–H and O–H groups in total. The Balaban J connectivity index is 1.24. The molecule has 3 aromatic heterocycles. The van der Waals surface area contributed by atoms with Crippen molar-refractivity contribution in [3.8, 4) is 11.8 Å². The smallest absolute Gasteiger partial charge is 0.263 e. The van der Waals surface area contributed by atoms with Crippen molar-refractivity contribution in [2.45, 2.75) is 64.8 Å². The van der Waals surface area contributed by atoms with Crippen LogP contribution in [0.1, 0.15) is 55.8 Å². The second kappa shape index (κ2) is 10.7. The van der Waals surface area contributed by atoms with Gasteiger partial charge in [-0.25, -0.2) is 9.97 Å². The van der Waals surface area contributed by atoms with Crippen molar-refractivity contribution < 1.29 is 14.3 Å². The summed E-state index contributed by atoms with van der Waals surface area (Å²) in [5, 5.41) is 8.58. The molecule has 0 bridgehead atoms. The number of nitrogens with one attached hydrogen (secondary N) is 2. The maximum absolute atomic E-state index is 12.7. The Morgan fingerprint density at radius 2 is 1.95 bits per heavy atom. The van der Waals surface area contributed by atoms with Crippen LogP contribution >= 0.6 is 22.9 Å². The third kappa shape index (κ3) is 5.72. The monoisotopic (exact) mass is 580 g/mol. The first-order chi connectivity index (χ1) is 19.1. The number of ether oxygens (including phenoxy) is 2. The molecule has 9 nitrogen and oxygen atoms in total. The van der Waals surface area contributed by atoms with E-state index in [9.17, 15) is 4.79 Å². The zero-order valence-electron chi connectivity index (χ0n) is 23.1. The van der Waals surface area contributed by atoms with Crippen LogP contribution in [0.25, 0.3) is 21.0 Å². The first-order valence-electron chi connectivity index (χ1n) is 13.6. The van der Waals surface area contributed by atoms with Gasteiger partial charge in [-0.2, -0.15) is 4.98 Å². The maximum atomic E-state index is 12.7. The Morgan fingerprint density at radius 1 is 1.15 bits per heavy atom. The van der Waals surface area contributed by atoms with Crippen LogP contribution < -0.4 is 15.4 Å². The second-order valence-corrected chi connectivity index (χ2v) is 12.9. The largest absolute Gasteiger partial charge is 0.420 e. The molecule has 6 rings (SSSR count). The van der Waals surface area contributed by atoms with Crippen molar-refractivity contribution >= 4 is 55.5 Å². The normalized spacial score (nSPS) is 18.8. The molecule has 0 saturated carbocycles. The summed E-state index contributed by atoms with van der Waals surface area (Å²) in [7, 11) is 0. The minimum Gasteiger partial charge on any atom is -0.420 e. The van der Waals surface area contributed by atoms with Crippen molar-refractivity contribution in [1.82, 2.24) is 25.2 Å². The molecule has 2 aliphatic rings. The first kappa shape index (κ1) is 27.1. The molecule has 40 heavy (non-hydrogen) atoms. The van der Waals surface area contributed by atoms with Gasteiger partial charge in [-0.3, -0.25) is 9.69 Å². The van der Waals surface area contributed by atoms with Gasteiger partial charge in [-0.05, 0) is 70.3 Å². The van der Waals surface area contributed by atoms with Crippen molar-refractivity contribution in [3.63, 3.8) is 0 Å². The minimum atomic E-state index is -0.137. The lowest BCUT2D eigenvalue weighted by molar-refractivity contribution is -0.0827. The summed E-state index contributed by atoms with van der Waals surface area (Å²) in [6.07, 6.45) is 3.95. The lowest BCUT2D eigenvalue weighted by Crippen LogP contribution is -2.39. The van der Waals surface area contributed by atoms with E-state index < -0.39 is 0 Å². The summed E-state index contributed by atoms with van der Waals surface area (Å²) >= 11 is 7.66. The van der Waals surface area contributed by atoms with Crippen LogP contribution in [-0.4, -0.2) is 63.1 Å². The van der Waals surface area contributed by atoms with E-state index in [0.29, 0.717) is 29.7 Å². The van der Waals surface area contributed by atoms with Crippen LogP contribution in [0, 0.1) is 0 Å². The van der Waals surface area contributed by atoms with Gasteiger partial charge in [0.1, 0.15) is 4.88 Å². The predicted octanol–water partition coefficient (Wildman–Crippen LogP) is 6.01. The number of carbonyl (C=O) groups is 1. The van der Waals surface area contributed by atoms with E-state index in [0.717, 1.165) is 58.2 Å². The molecule has 1 fully saturated rings. The van der Waals surface area contributed by atoms with Gasteiger partial charge in [0, 0.05) is 65.5 Å². The number of rotatable bonds is 5. The first-order valence-corrected chi connectivity index (χ1v) is 14.8. The van der Waals surface area contributed by atoms with E-state index in [2.05, 4.69) is 46.3 Å². The lowest BCUT2D eigenvalue weighted by atomic mass is 10.1. The van der Waals surface area contributed by atoms with Crippen LogP contribution in [-0.2, 0) is 11.3 Å². The predicted molar refractivity (Wildman–Crippen MR) is 159 cm³/mol. The molecular formula is C29H33ClN6O3S. The summed E-state index contributed by atoms with van der Waals surface area (Å²) < 4.78 is 13.4. The van der Waals surface area contributed by atoms with Gasteiger partial charge in [-0.15, -0.1) is 11.3 Å². The number of benzene rings is 1. The Morgan fingerprint density at radius 3 is 2.73 bits per heavy atom. The van der Waals surface area contributed by atoms with E-state index in [-0.39, 0.29) is 28.9 Å². The fourth-order valence-corrected chi connectivity index (χ4v) is 6.58. The summed E-state index contributed by atoms with van der Waals surface area (Å²) in [5.41, 5.74) is 2.35. The molecule has 0 unspecified atom stereocenters. The zero-order valence-corrected chi connectivity index (χ0v) is 24.7. The fraction of sp³-hybridized carbons (Fsp3) is 0.448. The van der Waals surface area contributed by atoms with Gasteiger partial charge in [0.05, 0.1) is 22.9 Å². The van der Waals surface area contributed by atoms with E-state index >= 15 is 0 Å². The van der Waals surface area contributed by atoms with Crippen LogP contribution in [0.5, 0.6) is 11.8 Å². The van der Waals surface area contributed by atoms with Crippen LogP contribution in [0.2, 0.25) is 5.28 Å². The number of fused-ring (bicyclic) bond motifs is 5. The Kier molecular flexibility index (Phi) is 7.28. The van der Waals surface area contributed by atoms with Gasteiger partial charge in [0.2, 0.25) is 17.0 Å². The average Bonchev–Trinajstić information content (AvgIpc) is 3.22. The number of likely N-dealkylation sites (tertiary alicyclic amines) is 1. The van der Waals surface area contributed by atoms with E-state index in [1.54, 1.807) is 6.20 Å². The number of pyridine rings is 1. The number of anilines is 1. The summed E-state index contributed by atoms with van der Waals surface area (Å²) in [6, 6.07) is 7.83. The van der Waals surface area contributed by atoms with Crippen LogP contribution in [0.15, 0.2) is 30.5 Å². The molecule has 1 aromatic carbocycles. The van der Waals surface area contributed by atoms with Crippen molar-refractivity contribution in [2.75, 3.05) is 25.0 Å². The highest BCUT2D eigenvalue weighted by Crippen LogP contribution is 2.41. The molecule has 0 radical (unpaired) electrons. The molecule has 11 heteroatoms. The molecular weight excluding hydrogens is 548 g/mol. The zero-order chi connectivity index (χ0) is 28.0. The Hall–Kier alpha value is -3.05. The average molecular weight is 581 g/mol. The quantitative estimate of drug-likeness (QED) is 0.277. The molecule has 1 amide bonds. The number of hydrogen-bond acceptors (Lipinski definition) is 9. The van der Waals surface area contributed by atoms with Gasteiger partial charge in [-0.1, -0.05) is 0 Å². The van der Waals surface area contributed by atoms with Gasteiger partial charge in [0.15, 0.2) is 0 Å². The number of carbonyl (C=O) groups excluding carboxylic acids is 1. The highest BCUT2D eigenvalue weighted by Gasteiger charge is 2.26. The number of piperidine rings is 1. The number of halogens is 1. The lowest BCUT2D eigenvalue weighted by Gasteiger charge is -2.35. The molecule has 0 spiro atoms. The van der Waals surface area contributed by atoms with Gasteiger partial charge in [0.25, 0.3) is 5.91 Å². The van der Waals surface area contributed by atoms with Crippen molar-refractivity contribution in [1.29, 1.82) is 0 Å². The van der Waals surface area contributed by atoms with Crippen LogP contribution in [0.3, 0.4) is 0 Å². The molecule has 4 aromatic rings. The molecule has 1 atom stereocenters. The topological polar surface area (TPSA) is 102 Å². The number of hydrogen-bond donors (Lipinski definition) is 2. The number of thiophene rings is 1. The summed E-state index contributed by atoms with van der Waals surface area (Å²) in [4.78, 5) is 29.2. The second-order valence-electron chi connectivity index (χ2n) is 11.5. The highest BCUT2D eigenvalue weighted by atomic mass is 35.5. The molecule has 5 heterocycles. The van der Waals surface area contributed by atoms with E-state index in [4.69, 9.17) is 26.1 Å². The van der Waals surface area contributed by atoms with Crippen LogP contribution in [0.4, 0.5) is 5.69 Å². The summed E-state index contributed by atoms with van der Waals surface area (Å²) in [5.74, 6) is 0.771. The van der Waals surface area contributed by atoms with E-state index in [1.807, 2.05) is 31.2 Å². The van der Waals surface area contributed by atoms with Crippen molar-refractivity contribution in [3.05, 3.63) is 46.2 Å². The molecule has 2 aliphatic heterocycles. The molecule has 0 aliphatic carbocycles. The van der Waals surface area contributed by atoms with E-state index in [1.165, 1.54) is 11.3 Å². The van der Waals surface area contributed by atoms with Crippen molar-refractivity contribution in [2.24, 2.45) is 0 Å². The standard InChI is InChI=1S/C29H33ClN6O3S/c1-16-13-31-24-23-19-5-8-22(34-20(19)6-7-21(23)40-25(24)26(37)33-16)38-27-17(14-32-28(30)35-27)15-36-11-9-18(10-12-36)39-29(2,3)4/h5-8,14,16,18,31H,9-13,15H2,1-4H3,(H,33,37)/t16-/m0/s1. The number of aromatic nitrogens is 3. The maximum Gasteiger partial charge on any atom is 0.263 e. The molecule has 210 valence electrons. The third-order valence-corrected chi connectivity index (χ3v) is 8.45. The number of amides is 1. The van der Waals surface area contributed by atoms with Gasteiger partial charge < -0.3 is 20.1 Å². The third-order valence-electron chi connectivity index (χ3n) is 7.11. The Labute approximate surface area is 242 Å². The minimum absolute atomic E-state index is 0.0473. The Bertz CT molecular complexity index is 1580. The SMILES string of the molecule is C[C@H]1CNc2c(sc3ccc4nc(Oc5nc(Cl)ncc5CN5CCC(OC(C)(C)C)CC5)ccc4c23)C(=O)N1. The molecule has 1 saturated heterocycles. The number of nitrogens with zero attached hydrogens (tertiary/aromatic N) is 4. The van der Waals surface area contributed by atoms with Gasteiger partial charge >= 0.3 is 0 Å².